The summed E-state index contributed by atoms with van der Waals surface area (Å²) in [5.74, 6) is 0.291. The highest BCUT2D eigenvalue weighted by Gasteiger charge is 2.23. The van der Waals surface area contributed by atoms with Crippen molar-refractivity contribution >= 4 is 9.84 Å². The highest BCUT2D eigenvalue weighted by molar-refractivity contribution is 7.91. The second-order valence-corrected chi connectivity index (χ2v) is 6.97. The first-order valence-corrected chi connectivity index (χ1v) is 7.86. The van der Waals surface area contributed by atoms with E-state index >= 15 is 0 Å². The Bertz CT molecular complexity index is 526. The van der Waals surface area contributed by atoms with Crippen LogP contribution in [0, 0.1) is 0 Å². The molecule has 0 aromatic heterocycles. The van der Waals surface area contributed by atoms with Gasteiger partial charge in [0.15, 0.2) is 9.84 Å². The lowest BCUT2D eigenvalue weighted by atomic mass is 10.1. The van der Waals surface area contributed by atoms with Gasteiger partial charge in [0.2, 0.25) is 0 Å². The molecular formula is C13H20N2O2S. The summed E-state index contributed by atoms with van der Waals surface area (Å²) in [6.07, 6.45) is 1.61. The zero-order chi connectivity index (χ0) is 13.2. The summed E-state index contributed by atoms with van der Waals surface area (Å²) in [6.45, 7) is 1.64. The molecule has 4 nitrogen and oxygen atoms in total. The fourth-order valence-electron chi connectivity index (χ4n) is 2.43. The fourth-order valence-corrected chi connectivity index (χ4v) is 4.01. The molecule has 0 fully saturated rings. The summed E-state index contributed by atoms with van der Waals surface area (Å²) in [4.78, 5) is 2.69. The van der Waals surface area contributed by atoms with Gasteiger partial charge in [-0.05, 0) is 44.1 Å². The van der Waals surface area contributed by atoms with Gasteiger partial charge in [0, 0.05) is 13.2 Å². The van der Waals surface area contributed by atoms with E-state index < -0.39 is 9.84 Å². The molecule has 1 aliphatic heterocycles. The summed E-state index contributed by atoms with van der Waals surface area (Å²) in [7, 11) is 0.924. The summed E-state index contributed by atoms with van der Waals surface area (Å²) in [6, 6.07) is 5.73. The molecule has 100 valence electrons. The monoisotopic (exact) mass is 268 g/mol. The van der Waals surface area contributed by atoms with Crippen molar-refractivity contribution in [3.63, 3.8) is 0 Å². The summed E-state index contributed by atoms with van der Waals surface area (Å²) in [5, 5.41) is 3.09. The predicted molar refractivity (Wildman–Crippen MR) is 72.2 cm³/mol. The molecule has 2 rings (SSSR count). The average Bonchev–Trinajstić information content (AvgIpc) is 2.28. The number of rotatable bonds is 4. The normalized spacial score (nSPS) is 17.7. The Morgan fingerprint density at radius 2 is 2.17 bits per heavy atom. The Balaban J connectivity index is 2.22. The van der Waals surface area contributed by atoms with Crippen LogP contribution in [0.1, 0.15) is 17.5 Å². The molecule has 1 aromatic carbocycles. The SMILES string of the molecule is CNCN(C)Cc1ccc2c(c1)CCCS2(=O)=O. The van der Waals surface area contributed by atoms with Crippen molar-refractivity contribution in [2.75, 3.05) is 26.5 Å². The van der Waals surface area contributed by atoms with Crippen molar-refractivity contribution in [2.24, 2.45) is 0 Å². The Labute approximate surface area is 109 Å². The van der Waals surface area contributed by atoms with E-state index in [0.29, 0.717) is 10.6 Å². The van der Waals surface area contributed by atoms with E-state index in [4.69, 9.17) is 0 Å². The van der Waals surface area contributed by atoms with Gasteiger partial charge in [-0.15, -0.1) is 0 Å². The van der Waals surface area contributed by atoms with Gasteiger partial charge in [-0.2, -0.15) is 0 Å². The maximum atomic E-state index is 11.9. The topological polar surface area (TPSA) is 49.4 Å². The van der Waals surface area contributed by atoms with Crippen molar-refractivity contribution < 1.29 is 8.42 Å². The van der Waals surface area contributed by atoms with Crippen molar-refractivity contribution in [3.8, 4) is 0 Å². The molecule has 1 aliphatic rings. The molecule has 0 spiro atoms. The molecular weight excluding hydrogens is 248 g/mol. The third kappa shape index (κ3) is 2.91. The highest BCUT2D eigenvalue weighted by Crippen LogP contribution is 2.26. The smallest absolute Gasteiger partial charge is 0.178 e. The predicted octanol–water partition coefficient (Wildman–Crippen LogP) is 1.02. The molecule has 0 radical (unpaired) electrons. The first-order valence-electron chi connectivity index (χ1n) is 6.20. The molecule has 1 N–H and O–H groups in total. The van der Waals surface area contributed by atoms with Crippen LogP contribution in [0.2, 0.25) is 0 Å². The number of nitrogens with zero attached hydrogens (tertiary/aromatic N) is 1. The summed E-state index contributed by atoms with van der Waals surface area (Å²) < 4.78 is 23.8. The molecule has 1 aromatic rings. The van der Waals surface area contributed by atoms with Gasteiger partial charge in [-0.25, -0.2) is 8.42 Å². The molecule has 0 bridgehead atoms. The van der Waals surface area contributed by atoms with Crippen LogP contribution < -0.4 is 5.32 Å². The van der Waals surface area contributed by atoms with E-state index in [1.165, 1.54) is 5.56 Å². The molecule has 1 heterocycles. The van der Waals surface area contributed by atoms with Crippen LogP contribution in [0.3, 0.4) is 0 Å². The maximum absolute atomic E-state index is 11.9. The maximum Gasteiger partial charge on any atom is 0.178 e. The summed E-state index contributed by atoms with van der Waals surface area (Å²) in [5.41, 5.74) is 2.15. The van der Waals surface area contributed by atoms with Gasteiger partial charge in [0.05, 0.1) is 10.6 Å². The third-order valence-electron chi connectivity index (χ3n) is 3.20. The Hall–Kier alpha value is -0.910. The van der Waals surface area contributed by atoms with E-state index in [-0.39, 0.29) is 0 Å². The Morgan fingerprint density at radius 3 is 2.89 bits per heavy atom. The van der Waals surface area contributed by atoms with Gasteiger partial charge in [0.1, 0.15) is 0 Å². The van der Waals surface area contributed by atoms with Crippen molar-refractivity contribution in [3.05, 3.63) is 29.3 Å². The number of nitrogens with one attached hydrogen (secondary N) is 1. The van der Waals surface area contributed by atoms with Gasteiger partial charge < -0.3 is 5.32 Å². The Kier molecular flexibility index (Phi) is 4.04. The van der Waals surface area contributed by atoms with E-state index in [9.17, 15) is 8.42 Å². The van der Waals surface area contributed by atoms with E-state index in [1.807, 2.05) is 26.2 Å². The number of hydrogen-bond acceptors (Lipinski definition) is 4. The van der Waals surface area contributed by atoms with E-state index in [0.717, 1.165) is 31.6 Å². The molecule has 5 heteroatoms. The fraction of sp³-hybridized carbons (Fsp3) is 0.538. The van der Waals surface area contributed by atoms with Crippen LogP contribution in [0.5, 0.6) is 0 Å². The highest BCUT2D eigenvalue weighted by atomic mass is 32.2. The molecule has 0 unspecified atom stereocenters. The van der Waals surface area contributed by atoms with Crippen LogP contribution >= 0.6 is 0 Å². The van der Waals surface area contributed by atoms with Crippen LogP contribution in [0.25, 0.3) is 0 Å². The lowest BCUT2D eigenvalue weighted by molar-refractivity contribution is 0.310. The molecule has 0 atom stereocenters. The minimum atomic E-state index is -3.02. The van der Waals surface area contributed by atoms with Crippen molar-refractivity contribution in [2.45, 2.75) is 24.3 Å². The van der Waals surface area contributed by atoms with Gasteiger partial charge in [-0.3, -0.25) is 4.90 Å². The number of sulfone groups is 1. The largest absolute Gasteiger partial charge is 0.307 e. The van der Waals surface area contributed by atoms with Crippen LogP contribution in [-0.2, 0) is 22.8 Å². The molecule has 0 amide bonds. The average molecular weight is 268 g/mol. The minimum absolute atomic E-state index is 0.291. The van der Waals surface area contributed by atoms with Crippen LogP contribution in [-0.4, -0.2) is 39.8 Å². The number of benzene rings is 1. The first-order chi connectivity index (χ1) is 8.53. The number of fused-ring (bicyclic) bond motifs is 1. The Morgan fingerprint density at radius 1 is 1.39 bits per heavy atom. The summed E-state index contributed by atoms with van der Waals surface area (Å²) >= 11 is 0. The second-order valence-electron chi connectivity index (χ2n) is 4.89. The number of hydrogen-bond donors (Lipinski definition) is 1. The van der Waals surface area contributed by atoms with Gasteiger partial charge in [-0.1, -0.05) is 12.1 Å². The zero-order valence-electron chi connectivity index (χ0n) is 10.9. The molecule has 18 heavy (non-hydrogen) atoms. The minimum Gasteiger partial charge on any atom is -0.307 e. The molecule has 0 saturated heterocycles. The lowest BCUT2D eigenvalue weighted by Gasteiger charge is -2.20. The molecule has 0 aliphatic carbocycles. The lowest BCUT2D eigenvalue weighted by Crippen LogP contribution is -2.28. The third-order valence-corrected chi connectivity index (χ3v) is 5.09. The van der Waals surface area contributed by atoms with Crippen LogP contribution in [0.4, 0.5) is 0 Å². The zero-order valence-corrected chi connectivity index (χ0v) is 11.8. The number of aryl methyl sites for hydroxylation is 1. The van der Waals surface area contributed by atoms with Crippen molar-refractivity contribution in [1.29, 1.82) is 0 Å². The van der Waals surface area contributed by atoms with Crippen LogP contribution in [0.15, 0.2) is 23.1 Å². The van der Waals surface area contributed by atoms with Gasteiger partial charge >= 0.3 is 0 Å². The standard InChI is InChI=1S/C13H20N2O2S/c1-14-10-15(2)9-11-5-6-13-12(8-11)4-3-7-18(13,16)17/h5-6,8,14H,3-4,7,9-10H2,1-2H3. The van der Waals surface area contributed by atoms with E-state index in [2.05, 4.69) is 10.2 Å². The first kappa shape index (κ1) is 13.5. The van der Waals surface area contributed by atoms with E-state index in [1.54, 1.807) is 6.07 Å². The quantitative estimate of drug-likeness (QED) is 0.828. The van der Waals surface area contributed by atoms with Gasteiger partial charge in [0.25, 0.3) is 0 Å². The second kappa shape index (κ2) is 5.38. The molecule has 0 saturated carbocycles. The van der Waals surface area contributed by atoms with Crippen molar-refractivity contribution in [1.82, 2.24) is 10.2 Å².